The van der Waals surface area contributed by atoms with Gasteiger partial charge in [0.05, 0.1) is 5.56 Å². The minimum absolute atomic E-state index is 0.0552. The van der Waals surface area contributed by atoms with Crippen LogP contribution in [0, 0.1) is 11.6 Å². The van der Waals surface area contributed by atoms with Gasteiger partial charge in [-0.25, -0.2) is 8.78 Å². The van der Waals surface area contributed by atoms with E-state index in [-0.39, 0.29) is 23.8 Å². The number of aliphatic hydroxyl groups is 1. The molecule has 4 nitrogen and oxygen atoms in total. The lowest BCUT2D eigenvalue weighted by Crippen LogP contribution is -2.01. The van der Waals surface area contributed by atoms with Crippen LogP contribution < -0.4 is 0 Å². The van der Waals surface area contributed by atoms with Crippen molar-refractivity contribution in [3.8, 4) is 11.4 Å². The molecular formula is C10H9F2N3O. The van der Waals surface area contributed by atoms with Crippen molar-refractivity contribution in [1.29, 1.82) is 0 Å². The van der Waals surface area contributed by atoms with E-state index in [9.17, 15) is 8.78 Å². The predicted octanol–water partition coefficient (Wildman–Crippen LogP) is 1.25. The van der Waals surface area contributed by atoms with E-state index in [1.165, 1.54) is 17.7 Å². The molecule has 0 bridgehead atoms. The lowest BCUT2D eigenvalue weighted by molar-refractivity contribution is 0.267. The van der Waals surface area contributed by atoms with Crippen LogP contribution in [0.4, 0.5) is 8.78 Å². The smallest absolute Gasteiger partial charge is 0.169 e. The number of rotatable bonds is 2. The second-order valence-electron chi connectivity index (χ2n) is 3.25. The molecule has 0 fully saturated rings. The quantitative estimate of drug-likeness (QED) is 0.836. The molecule has 2 aromatic rings. The molecule has 1 heterocycles. The summed E-state index contributed by atoms with van der Waals surface area (Å²) < 4.78 is 28.2. The van der Waals surface area contributed by atoms with Gasteiger partial charge in [-0.1, -0.05) is 6.07 Å². The third-order valence-electron chi connectivity index (χ3n) is 2.29. The number of benzene rings is 1. The standard InChI is InChI=1S/C10H9F2N3O/c1-15-8(5-16)13-14-10(15)9-6(11)3-2-4-7(9)12/h2-4,16H,5H2,1H3. The summed E-state index contributed by atoms with van der Waals surface area (Å²) in [5.74, 6) is -1.11. The fraction of sp³-hybridized carbons (Fsp3) is 0.200. The molecule has 0 radical (unpaired) electrons. The second kappa shape index (κ2) is 3.97. The van der Waals surface area contributed by atoms with E-state index in [0.29, 0.717) is 0 Å². The number of hydrogen-bond donors (Lipinski definition) is 1. The average molecular weight is 225 g/mol. The molecule has 0 saturated heterocycles. The van der Waals surface area contributed by atoms with E-state index < -0.39 is 11.6 Å². The topological polar surface area (TPSA) is 50.9 Å². The Morgan fingerprint density at radius 3 is 2.38 bits per heavy atom. The van der Waals surface area contributed by atoms with Crippen LogP contribution in [0.3, 0.4) is 0 Å². The monoisotopic (exact) mass is 225 g/mol. The van der Waals surface area contributed by atoms with Crippen molar-refractivity contribution in [2.75, 3.05) is 0 Å². The summed E-state index contributed by atoms with van der Waals surface area (Å²) in [6.07, 6.45) is 0. The largest absolute Gasteiger partial charge is 0.388 e. The van der Waals surface area contributed by atoms with Gasteiger partial charge in [-0.15, -0.1) is 10.2 Å². The fourth-order valence-electron chi connectivity index (χ4n) is 1.43. The molecule has 0 atom stereocenters. The van der Waals surface area contributed by atoms with E-state index in [1.807, 2.05) is 0 Å². The molecule has 0 unspecified atom stereocenters. The van der Waals surface area contributed by atoms with Gasteiger partial charge in [0.25, 0.3) is 0 Å². The maximum Gasteiger partial charge on any atom is 0.169 e. The van der Waals surface area contributed by atoms with Gasteiger partial charge in [0.1, 0.15) is 18.2 Å². The van der Waals surface area contributed by atoms with E-state index in [0.717, 1.165) is 12.1 Å². The van der Waals surface area contributed by atoms with Crippen LogP contribution in [0.1, 0.15) is 5.82 Å². The minimum Gasteiger partial charge on any atom is -0.388 e. The molecule has 0 aliphatic rings. The molecule has 1 N–H and O–H groups in total. The van der Waals surface area contributed by atoms with Crippen LogP contribution in [-0.2, 0) is 13.7 Å². The molecule has 0 aliphatic carbocycles. The van der Waals surface area contributed by atoms with Crippen molar-refractivity contribution in [3.05, 3.63) is 35.7 Å². The highest BCUT2D eigenvalue weighted by atomic mass is 19.1. The number of nitrogens with zero attached hydrogens (tertiary/aromatic N) is 3. The summed E-state index contributed by atoms with van der Waals surface area (Å²) in [6, 6.07) is 3.56. The van der Waals surface area contributed by atoms with Crippen LogP contribution in [-0.4, -0.2) is 19.9 Å². The molecular weight excluding hydrogens is 216 g/mol. The molecule has 6 heteroatoms. The van der Waals surface area contributed by atoms with E-state index in [2.05, 4.69) is 10.2 Å². The van der Waals surface area contributed by atoms with Crippen LogP contribution in [0.15, 0.2) is 18.2 Å². The van der Waals surface area contributed by atoms with E-state index >= 15 is 0 Å². The van der Waals surface area contributed by atoms with Crippen LogP contribution in [0.25, 0.3) is 11.4 Å². The fourth-order valence-corrected chi connectivity index (χ4v) is 1.43. The average Bonchev–Trinajstić information content (AvgIpc) is 2.60. The zero-order chi connectivity index (χ0) is 11.7. The van der Waals surface area contributed by atoms with Crippen molar-refractivity contribution >= 4 is 0 Å². The number of aliphatic hydroxyl groups excluding tert-OH is 1. The van der Waals surface area contributed by atoms with Gasteiger partial charge in [0.15, 0.2) is 11.6 Å². The first-order chi connectivity index (χ1) is 7.65. The summed E-state index contributed by atoms with van der Waals surface area (Å²) in [5, 5.41) is 16.2. The van der Waals surface area contributed by atoms with Gasteiger partial charge in [0.2, 0.25) is 0 Å². The van der Waals surface area contributed by atoms with Gasteiger partial charge < -0.3 is 9.67 Å². The van der Waals surface area contributed by atoms with E-state index in [1.54, 1.807) is 0 Å². The first-order valence-corrected chi connectivity index (χ1v) is 4.58. The Morgan fingerprint density at radius 2 is 1.88 bits per heavy atom. The Kier molecular flexibility index (Phi) is 2.66. The van der Waals surface area contributed by atoms with Crippen LogP contribution in [0.5, 0.6) is 0 Å². The molecule has 84 valence electrons. The highest BCUT2D eigenvalue weighted by Crippen LogP contribution is 2.24. The molecule has 1 aromatic carbocycles. The summed E-state index contributed by atoms with van der Waals surface area (Å²) >= 11 is 0. The maximum absolute atomic E-state index is 13.4. The Bertz CT molecular complexity index is 505. The Hall–Kier alpha value is -1.82. The molecule has 2 rings (SSSR count). The number of hydrogen-bond acceptors (Lipinski definition) is 3. The summed E-state index contributed by atoms with van der Waals surface area (Å²) in [4.78, 5) is 0. The lowest BCUT2D eigenvalue weighted by atomic mass is 10.2. The molecule has 0 saturated carbocycles. The van der Waals surface area contributed by atoms with Crippen molar-refractivity contribution < 1.29 is 13.9 Å². The van der Waals surface area contributed by atoms with Gasteiger partial charge in [-0.3, -0.25) is 0 Å². The molecule has 1 aromatic heterocycles. The van der Waals surface area contributed by atoms with Crippen LogP contribution >= 0.6 is 0 Å². The van der Waals surface area contributed by atoms with E-state index in [4.69, 9.17) is 5.11 Å². The van der Waals surface area contributed by atoms with Crippen molar-refractivity contribution in [1.82, 2.24) is 14.8 Å². The molecule has 0 spiro atoms. The lowest BCUT2D eigenvalue weighted by Gasteiger charge is -2.04. The summed E-state index contributed by atoms with van der Waals surface area (Å²) in [7, 11) is 1.53. The van der Waals surface area contributed by atoms with Crippen LogP contribution in [0.2, 0.25) is 0 Å². The number of aromatic nitrogens is 3. The number of halogens is 2. The van der Waals surface area contributed by atoms with Gasteiger partial charge in [0, 0.05) is 7.05 Å². The summed E-state index contributed by atoms with van der Waals surface area (Å²) in [5.41, 5.74) is -0.239. The maximum atomic E-state index is 13.4. The molecule has 0 amide bonds. The van der Waals surface area contributed by atoms with Gasteiger partial charge in [-0.05, 0) is 12.1 Å². The zero-order valence-electron chi connectivity index (χ0n) is 8.48. The van der Waals surface area contributed by atoms with Crippen molar-refractivity contribution in [2.45, 2.75) is 6.61 Å². The second-order valence-corrected chi connectivity index (χ2v) is 3.25. The molecule has 0 aliphatic heterocycles. The third kappa shape index (κ3) is 1.57. The van der Waals surface area contributed by atoms with Gasteiger partial charge in [-0.2, -0.15) is 0 Å². The van der Waals surface area contributed by atoms with Crippen molar-refractivity contribution in [3.63, 3.8) is 0 Å². The SMILES string of the molecule is Cn1c(CO)nnc1-c1c(F)cccc1F. The molecule has 16 heavy (non-hydrogen) atoms. The minimum atomic E-state index is -0.708. The van der Waals surface area contributed by atoms with Gasteiger partial charge >= 0.3 is 0 Å². The Balaban J connectivity index is 2.63. The Labute approximate surface area is 90.2 Å². The summed E-state index contributed by atoms with van der Waals surface area (Å²) in [6.45, 7) is -0.334. The first kappa shape index (κ1) is 10.7. The highest BCUT2D eigenvalue weighted by molar-refractivity contribution is 5.57. The highest BCUT2D eigenvalue weighted by Gasteiger charge is 2.17. The van der Waals surface area contributed by atoms with Crippen molar-refractivity contribution in [2.24, 2.45) is 7.05 Å². The Morgan fingerprint density at radius 1 is 1.25 bits per heavy atom. The zero-order valence-corrected chi connectivity index (χ0v) is 8.48. The third-order valence-corrected chi connectivity index (χ3v) is 2.29. The first-order valence-electron chi connectivity index (χ1n) is 4.58. The normalized spacial score (nSPS) is 10.8. The predicted molar refractivity (Wildman–Crippen MR) is 52.3 cm³/mol.